The molecule has 0 spiro atoms. The van der Waals surface area contributed by atoms with E-state index in [1.807, 2.05) is 6.92 Å². The summed E-state index contributed by atoms with van der Waals surface area (Å²) in [6.07, 6.45) is 5.80. The molecule has 4 amide bonds. The van der Waals surface area contributed by atoms with E-state index < -0.39 is 17.8 Å². The van der Waals surface area contributed by atoms with Gasteiger partial charge in [-0.3, -0.25) is 14.9 Å². The molecule has 2 aromatic carbocycles. The molecule has 1 N–H and O–H groups in total. The summed E-state index contributed by atoms with van der Waals surface area (Å²) in [6.45, 7) is 4.57. The van der Waals surface area contributed by atoms with Crippen molar-refractivity contribution < 1.29 is 19.1 Å². The first-order valence-electron chi connectivity index (χ1n) is 11.1. The maximum Gasteiger partial charge on any atom is 0.335 e. The molecule has 0 aromatic heterocycles. The van der Waals surface area contributed by atoms with Crippen LogP contribution >= 0.6 is 0 Å². The van der Waals surface area contributed by atoms with Crippen LogP contribution in [0.25, 0.3) is 6.08 Å². The first-order valence-corrected chi connectivity index (χ1v) is 11.1. The molecule has 5 rings (SSSR count). The topological polar surface area (TPSA) is 79.0 Å². The van der Waals surface area contributed by atoms with E-state index in [1.54, 1.807) is 30.3 Å². The van der Waals surface area contributed by atoms with Crippen LogP contribution in [0.1, 0.15) is 36.5 Å². The lowest BCUT2D eigenvalue weighted by Crippen LogP contribution is -2.54. The second-order valence-corrected chi connectivity index (χ2v) is 8.27. The van der Waals surface area contributed by atoms with Crippen LogP contribution in [0.4, 0.5) is 16.2 Å². The van der Waals surface area contributed by atoms with Gasteiger partial charge >= 0.3 is 6.03 Å². The normalized spacial score (nSPS) is 19.2. The number of carbonyl (C=O) groups excluding carboxylic acids is 3. The molecule has 1 saturated heterocycles. The number of ether oxygens (including phenoxy) is 1. The lowest BCUT2D eigenvalue weighted by molar-refractivity contribution is -0.122. The smallest absolute Gasteiger partial charge is 0.335 e. The quantitative estimate of drug-likeness (QED) is 0.593. The van der Waals surface area contributed by atoms with Gasteiger partial charge in [-0.2, -0.15) is 0 Å². The number of amides is 4. The van der Waals surface area contributed by atoms with Crippen molar-refractivity contribution in [3.63, 3.8) is 0 Å². The summed E-state index contributed by atoms with van der Waals surface area (Å²) in [7, 11) is 0. The zero-order valence-corrected chi connectivity index (χ0v) is 18.0. The molecule has 32 heavy (non-hydrogen) atoms. The van der Waals surface area contributed by atoms with Gasteiger partial charge in [0.1, 0.15) is 11.3 Å². The molecule has 0 atom stereocenters. The van der Waals surface area contributed by atoms with Gasteiger partial charge in [-0.15, -0.1) is 0 Å². The molecule has 3 heterocycles. The summed E-state index contributed by atoms with van der Waals surface area (Å²) in [6, 6.07) is 10.0. The predicted molar refractivity (Wildman–Crippen MR) is 122 cm³/mol. The first-order chi connectivity index (χ1) is 15.5. The maximum absolute atomic E-state index is 13.2. The SMILES string of the molecule is CCOc1ccc(N2C(=O)NC(=O)/C(=C/c3cc4c5c(c3)CCCN5CCC4)C2=O)cc1. The highest BCUT2D eigenvalue weighted by molar-refractivity contribution is 6.39. The van der Waals surface area contributed by atoms with Crippen molar-refractivity contribution >= 4 is 35.3 Å². The number of aryl methyl sites for hydroxylation is 2. The zero-order chi connectivity index (χ0) is 22.2. The average Bonchev–Trinajstić information content (AvgIpc) is 2.78. The third-order valence-corrected chi connectivity index (χ3v) is 6.17. The summed E-state index contributed by atoms with van der Waals surface area (Å²) in [4.78, 5) is 41.7. The molecule has 0 unspecified atom stereocenters. The number of benzene rings is 2. The van der Waals surface area contributed by atoms with E-state index in [-0.39, 0.29) is 5.57 Å². The van der Waals surface area contributed by atoms with Gasteiger partial charge in [-0.05, 0) is 91.8 Å². The number of carbonyl (C=O) groups is 3. The maximum atomic E-state index is 13.2. The summed E-state index contributed by atoms with van der Waals surface area (Å²) in [5.41, 5.74) is 5.02. The van der Waals surface area contributed by atoms with Crippen molar-refractivity contribution in [2.24, 2.45) is 0 Å². The molecule has 0 bridgehead atoms. The Morgan fingerprint density at radius 2 is 1.66 bits per heavy atom. The first kappa shape index (κ1) is 20.3. The van der Waals surface area contributed by atoms with Gasteiger partial charge in [-0.25, -0.2) is 9.69 Å². The second kappa shape index (κ2) is 8.15. The summed E-state index contributed by atoms with van der Waals surface area (Å²) >= 11 is 0. The number of nitrogens with one attached hydrogen (secondary N) is 1. The highest BCUT2D eigenvalue weighted by atomic mass is 16.5. The van der Waals surface area contributed by atoms with Crippen molar-refractivity contribution in [1.29, 1.82) is 0 Å². The predicted octanol–water partition coefficient (Wildman–Crippen LogP) is 3.45. The van der Waals surface area contributed by atoms with Gasteiger partial charge in [0.2, 0.25) is 0 Å². The minimum Gasteiger partial charge on any atom is -0.494 e. The second-order valence-electron chi connectivity index (χ2n) is 8.27. The fourth-order valence-corrected chi connectivity index (χ4v) is 4.83. The Bertz CT molecular complexity index is 1110. The van der Waals surface area contributed by atoms with Crippen molar-refractivity contribution in [2.45, 2.75) is 32.6 Å². The minimum atomic E-state index is -0.752. The standard InChI is InChI=1S/C25H25N3O4/c1-2-32-20-9-7-19(8-10-20)28-24(30)21(23(29)26-25(28)31)15-16-13-17-5-3-11-27-12-4-6-18(14-16)22(17)27/h7-10,13-15H,2-6,11-12H2,1H3,(H,26,29,31)/b21-15-. The largest absolute Gasteiger partial charge is 0.494 e. The van der Waals surface area contributed by atoms with E-state index in [0.717, 1.165) is 49.2 Å². The zero-order valence-electron chi connectivity index (χ0n) is 18.0. The molecule has 1 fully saturated rings. The Kier molecular flexibility index (Phi) is 5.17. The van der Waals surface area contributed by atoms with E-state index in [1.165, 1.54) is 16.8 Å². The molecule has 3 aliphatic rings. The van der Waals surface area contributed by atoms with Crippen LogP contribution < -0.4 is 19.9 Å². The fraction of sp³-hybridized carbons (Fsp3) is 0.320. The highest BCUT2D eigenvalue weighted by Gasteiger charge is 2.37. The number of barbiturate groups is 1. The van der Waals surface area contributed by atoms with E-state index in [0.29, 0.717) is 18.0 Å². The van der Waals surface area contributed by atoms with Crippen LogP contribution in [0, 0.1) is 0 Å². The molecule has 7 heteroatoms. The van der Waals surface area contributed by atoms with Gasteiger partial charge in [0, 0.05) is 18.8 Å². The Labute approximate surface area is 186 Å². The van der Waals surface area contributed by atoms with E-state index >= 15 is 0 Å². The van der Waals surface area contributed by atoms with Gasteiger partial charge in [-0.1, -0.05) is 0 Å². The molecular formula is C25H25N3O4. The Hall–Kier alpha value is -3.61. The lowest BCUT2D eigenvalue weighted by Gasteiger charge is -2.37. The van der Waals surface area contributed by atoms with Crippen LogP contribution in [-0.4, -0.2) is 37.5 Å². The number of urea groups is 1. The molecule has 7 nitrogen and oxygen atoms in total. The van der Waals surface area contributed by atoms with Crippen molar-refractivity contribution in [1.82, 2.24) is 5.32 Å². The lowest BCUT2D eigenvalue weighted by atomic mass is 9.89. The highest BCUT2D eigenvalue weighted by Crippen LogP contribution is 2.36. The van der Waals surface area contributed by atoms with Crippen LogP contribution in [0.2, 0.25) is 0 Å². The van der Waals surface area contributed by atoms with Gasteiger partial charge in [0.25, 0.3) is 11.8 Å². The summed E-state index contributed by atoms with van der Waals surface area (Å²) < 4.78 is 5.43. The number of rotatable bonds is 4. The fourth-order valence-electron chi connectivity index (χ4n) is 4.83. The summed E-state index contributed by atoms with van der Waals surface area (Å²) in [5.74, 6) is -0.656. The summed E-state index contributed by atoms with van der Waals surface area (Å²) in [5, 5.41) is 2.30. The number of imide groups is 2. The number of hydrogen-bond acceptors (Lipinski definition) is 5. The Morgan fingerprint density at radius 1 is 1.00 bits per heavy atom. The van der Waals surface area contributed by atoms with Crippen molar-refractivity contribution in [3.05, 3.63) is 58.7 Å². The molecule has 164 valence electrons. The number of nitrogens with zero attached hydrogens (tertiary/aromatic N) is 2. The molecule has 0 aliphatic carbocycles. The Balaban J connectivity index is 1.49. The van der Waals surface area contributed by atoms with Crippen LogP contribution in [0.15, 0.2) is 42.0 Å². The minimum absolute atomic E-state index is 0.0471. The number of hydrogen-bond donors (Lipinski definition) is 1. The van der Waals surface area contributed by atoms with Crippen molar-refractivity contribution in [3.8, 4) is 5.75 Å². The van der Waals surface area contributed by atoms with Gasteiger partial charge in [0.15, 0.2) is 0 Å². The molecule has 2 aromatic rings. The molecular weight excluding hydrogens is 406 g/mol. The molecule has 0 radical (unpaired) electrons. The van der Waals surface area contributed by atoms with E-state index in [2.05, 4.69) is 22.3 Å². The van der Waals surface area contributed by atoms with E-state index in [4.69, 9.17) is 4.74 Å². The van der Waals surface area contributed by atoms with Crippen LogP contribution in [0.5, 0.6) is 5.75 Å². The van der Waals surface area contributed by atoms with E-state index in [9.17, 15) is 14.4 Å². The Morgan fingerprint density at radius 3 is 2.28 bits per heavy atom. The monoisotopic (exact) mass is 431 g/mol. The molecule has 3 aliphatic heterocycles. The van der Waals surface area contributed by atoms with Crippen LogP contribution in [-0.2, 0) is 22.4 Å². The van der Waals surface area contributed by atoms with Crippen LogP contribution in [0.3, 0.4) is 0 Å². The van der Waals surface area contributed by atoms with Crippen molar-refractivity contribution in [2.75, 3.05) is 29.5 Å². The average molecular weight is 431 g/mol. The number of anilines is 2. The van der Waals surface area contributed by atoms with Gasteiger partial charge in [0.05, 0.1) is 12.3 Å². The molecule has 0 saturated carbocycles. The third-order valence-electron chi connectivity index (χ3n) is 6.17. The van der Waals surface area contributed by atoms with Gasteiger partial charge < -0.3 is 9.64 Å². The third kappa shape index (κ3) is 3.53.